The van der Waals surface area contributed by atoms with Crippen LogP contribution in [0.25, 0.3) is 98.8 Å². The van der Waals surface area contributed by atoms with Crippen LogP contribution in [-0.2, 0) is 5.41 Å². The fourth-order valence-corrected chi connectivity index (χ4v) is 7.05. The molecule has 0 amide bonds. The van der Waals surface area contributed by atoms with Gasteiger partial charge in [0.05, 0.1) is 38.4 Å². The summed E-state index contributed by atoms with van der Waals surface area (Å²) in [6, 6.07) is -23.8. The number of benzene rings is 9. The van der Waals surface area contributed by atoms with Gasteiger partial charge < -0.3 is 4.42 Å². The van der Waals surface area contributed by atoms with Gasteiger partial charge in [-0.15, -0.1) is 0 Å². The lowest BCUT2D eigenvalue weighted by molar-refractivity contribution is 0.660. The summed E-state index contributed by atoms with van der Waals surface area (Å²) in [5, 5.41) is -4.76. The van der Waals surface area contributed by atoms with Gasteiger partial charge in [-0.2, -0.15) is 0 Å². The molecule has 52 heavy (non-hydrogen) atoms. The molecule has 0 atom stereocenters. The normalized spacial score (nSPS) is 20.9. The molecule has 1 nitrogen and oxygen atoms in total. The molecule has 0 bridgehead atoms. The zero-order valence-corrected chi connectivity index (χ0v) is 26.9. The maximum absolute atomic E-state index is 9.93. The van der Waals surface area contributed by atoms with Crippen LogP contribution in [0.5, 0.6) is 0 Å². The maximum atomic E-state index is 9.93. The Morgan fingerprint density at radius 1 is 0.404 bits per heavy atom. The molecule has 11 rings (SSSR count). The minimum Gasteiger partial charge on any atom is -0.456 e. The Labute approximate surface area is 341 Å². The largest absolute Gasteiger partial charge is 0.456 e. The molecule has 244 valence electrons. The van der Waals surface area contributed by atoms with E-state index < -0.39 is 262 Å². The number of rotatable bonds is 3. The molecule has 0 fully saturated rings. The summed E-state index contributed by atoms with van der Waals surface area (Å²) in [4.78, 5) is 0. The lowest BCUT2D eigenvalue weighted by Crippen LogP contribution is -2.14. The lowest BCUT2D eigenvalue weighted by atomic mass is 9.82. The van der Waals surface area contributed by atoms with Crippen LogP contribution in [0.4, 0.5) is 0 Å². The first kappa shape index (κ1) is 13.0. The van der Waals surface area contributed by atoms with E-state index in [1.807, 2.05) is 0 Å². The van der Waals surface area contributed by atoms with Gasteiger partial charge >= 0.3 is 0 Å². The van der Waals surface area contributed by atoms with Gasteiger partial charge in [0, 0.05) is 16.2 Å². The topological polar surface area (TPSA) is 13.1 Å². The summed E-state index contributed by atoms with van der Waals surface area (Å²) in [5.41, 5.74) is -7.50. The minimum atomic E-state index is -1.40. The summed E-state index contributed by atoms with van der Waals surface area (Å²) in [6.07, 6.45) is 0. The molecule has 0 aliphatic heterocycles. The molecule has 9 aromatic carbocycles. The highest BCUT2D eigenvalue weighted by Gasteiger charge is 2.35. The Balaban J connectivity index is 1.34. The van der Waals surface area contributed by atoms with Gasteiger partial charge in [0.25, 0.3) is 0 Å². The molecule has 1 heteroatoms. The quantitative estimate of drug-likeness (QED) is 0.168. The van der Waals surface area contributed by atoms with Gasteiger partial charge in [-0.25, -0.2) is 0 Å². The van der Waals surface area contributed by atoms with Gasteiger partial charge in [0.2, 0.25) is 0 Å². The van der Waals surface area contributed by atoms with E-state index in [0.29, 0.717) is 0 Å². The second kappa shape index (κ2) is 10.8. The van der Waals surface area contributed by atoms with Crippen molar-refractivity contribution in [2.45, 2.75) is 19.3 Å². The highest BCUT2D eigenvalue weighted by molar-refractivity contribution is 6.23. The molecule has 0 unspecified atom stereocenters. The predicted molar refractivity (Wildman–Crippen MR) is 220 cm³/mol. The van der Waals surface area contributed by atoms with Crippen molar-refractivity contribution in [3.05, 3.63) is 180 Å². The second-order valence-corrected chi connectivity index (χ2v) is 12.6. The Morgan fingerprint density at radius 3 is 1.67 bits per heavy atom. The fourth-order valence-electron chi connectivity index (χ4n) is 7.05. The average Bonchev–Trinajstić information content (AvgIpc) is 3.97. The fraction of sp³-hybridized carbons (Fsp3) is 0.0588. The second-order valence-electron chi connectivity index (χ2n) is 12.6. The molecule has 1 aromatic heterocycles. The van der Waals surface area contributed by atoms with Gasteiger partial charge in [-0.1, -0.05) is 159 Å². The molecule has 1 heterocycles. The van der Waals surface area contributed by atoms with Crippen LogP contribution in [0.1, 0.15) is 63.4 Å². The van der Waals surface area contributed by atoms with E-state index in [9.17, 15) is 19.2 Å². The summed E-state index contributed by atoms with van der Waals surface area (Å²) in [5.74, 6) is 0. The van der Waals surface area contributed by atoms with Crippen LogP contribution < -0.4 is 0 Å². The van der Waals surface area contributed by atoms with Crippen molar-refractivity contribution < 1.29 is 42.8 Å². The van der Waals surface area contributed by atoms with Crippen molar-refractivity contribution in [3.63, 3.8) is 0 Å². The van der Waals surface area contributed by atoms with Gasteiger partial charge in [0.1, 0.15) is 11.2 Å². The highest BCUT2D eigenvalue weighted by atomic mass is 16.3. The molecule has 0 saturated heterocycles. The molecule has 1 aliphatic carbocycles. The number of hydrogen-bond acceptors (Lipinski definition) is 1. The third-order valence-corrected chi connectivity index (χ3v) is 9.45. The van der Waals surface area contributed by atoms with E-state index >= 15 is 0 Å². The number of hydrogen-bond donors (Lipinski definition) is 0. The average molecular weight is 691 g/mol. The Morgan fingerprint density at radius 2 is 0.942 bits per heavy atom. The first-order valence-electron chi connectivity index (χ1n) is 29.9. The van der Waals surface area contributed by atoms with Crippen LogP contribution in [-0.4, -0.2) is 0 Å². The van der Waals surface area contributed by atoms with Crippen molar-refractivity contribution in [3.8, 4) is 44.5 Å². The van der Waals surface area contributed by atoms with Crippen molar-refractivity contribution in [1.82, 2.24) is 0 Å². The predicted octanol–water partition coefficient (Wildman–Crippen LogP) is 14.4. The van der Waals surface area contributed by atoms with E-state index in [-0.39, 0.29) is 22.3 Å². The van der Waals surface area contributed by atoms with Crippen molar-refractivity contribution >= 4 is 54.3 Å². The molecule has 0 radical (unpaired) electrons. The Bertz CT molecular complexity index is 4600. The third kappa shape index (κ3) is 4.11. The monoisotopic (exact) mass is 690 g/mol. The summed E-state index contributed by atoms with van der Waals surface area (Å²) < 4.78 is 262. The van der Waals surface area contributed by atoms with Gasteiger partial charge in [-0.05, 0) is 112 Å². The maximum Gasteiger partial charge on any atom is 0.136 e. The molecular weight excluding hydrogens is 629 g/mol. The van der Waals surface area contributed by atoms with Crippen LogP contribution >= 0.6 is 0 Å². The number of furan rings is 1. The standard InChI is InChI=1S/C51H34O/c1-51(2)44-18-10-9-13-37(44)42-29-34(23-26-45(42)51)31-19-21-33(22-20-31)48-38-14-5-7-16-40(38)49(41-17-8-6-15-39(41)48)35-25-27-46-43(30-35)50-36-12-4-3-11-32(36)24-28-47(50)52-46/h3-30H,1-2H3/i3D,4D,5D,6D,7D,8D,9D,10D,11D,12D,13D,14D,15D,16D,17D,18D,19D,20D,21D,22D,23D,24D,25D,26D,27D,28D,29D,30D. The van der Waals surface area contributed by atoms with Crippen molar-refractivity contribution in [2.24, 2.45) is 0 Å². The molecule has 10 aromatic rings. The van der Waals surface area contributed by atoms with Crippen LogP contribution in [0.3, 0.4) is 0 Å². The Hall–Kier alpha value is -6.44. The van der Waals surface area contributed by atoms with Gasteiger partial charge in [-0.3, -0.25) is 0 Å². The molecule has 0 saturated carbocycles. The third-order valence-electron chi connectivity index (χ3n) is 9.45. The molecular formula is C51H34O. The van der Waals surface area contributed by atoms with E-state index in [4.69, 9.17) is 23.6 Å². The van der Waals surface area contributed by atoms with E-state index in [0.717, 1.165) is 0 Å². The van der Waals surface area contributed by atoms with Crippen LogP contribution in [0.15, 0.2) is 174 Å². The summed E-state index contributed by atoms with van der Waals surface area (Å²) in [6.45, 7) is 3.08. The SMILES string of the molecule is [2H]c1c([2H])c([2H])c2c(c1[2H])-c1c([2H])c(-c3c([2H])c([2H])c(-c4c5c([2H])c([2H])c([2H])c([2H])c5c(-c5c([2H])c([2H])c6oc7c([2H])c([2H])c8c([2H])c([2H])c([2H])c([2H])c8c7c6c5[2H])c5c([2H])c([2H])c([2H])c([2H])c45)c([2H])c3[2H])c([2H])c([2H])c1C2(C)C. The first-order chi connectivity index (χ1) is 37.2. The molecule has 0 N–H and O–H groups in total. The van der Waals surface area contributed by atoms with E-state index in [1.165, 1.54) is 13.8 Å². The van der Waals surface area contributed by atoms with Crippen molar-refractivity contribution in [2.75, 3.05) is 0 Å². The van der Waals surface area contributed by atoms with E-state index in [2.05, 4.69) is 0 Å². The lowest BCUT2D eigenvalue weighted by Gasteiger charge is -2.21. The van der Waals surface area contributed by atoms with Gasteiger partial charge in [0.15, 0.2) is 0 Å². The summed E-state index contributed by atoms with van der Waals surface area (Å²) >= 11 is 0. The van der Waals surface area contributed by atoms with Crippen molar-refractivity contribution in [1.29, 1.82) is 0 Å². The van der Waals surface area contributed by atoms with Crippen LogP contribution in [0.2, 0.25) is 0 Å². The summed E-state index contributed by atoms with van der Waals surface area (Å²) in [7, 11) is 0. The molecule has 1 aliphatic rings. The molecule has 0 spiro atoms. The van der Waals surface area contributed by atoms with E-state index in [1.54, 1.807) is 0 Å². The Kier molecular flexibility index (Phi) is 2.69. The first-order valence-corrected chi connectivity index (χ1v) is 15.9. The smallest absolute Gasteiger partial charge is 0.136 e. The van der Waals surface area contributed by atoms with Crippen LogP contribution in [0, 0.1) is 0 Å². The minimum absolute atomic E-state index is 0.00409. The highest BCUT2D eigenvalue weighted by Crippen LogP contribution is 2.50. The zero-order chi connectivity index (χ0) is 58.9. The number of fused-ring (bicyclic) bond motifs is 10. The zero-order valence-electron chi connectivity index (χ0n) is 54.9.